The highest BCUT2D eigenvalue weighted by atomic mass is 127. The normalized spacial score (nSPS) is 13.6. The molecule has 0 heterocycles. The Balaban J connectivity index is 2.46. The van der Waals surface area contributed by atoms with Gasteiger partial charge in [0.15, 0.2) is 0 Å². The lowest BCUT2D eigenvalue weighted by atomic mass is 10.0. The lowest BCUT2D eigenvalue weighted by Gasteiger charge is -2.18. The highest BCUT2D eigenvalue weighted by Crippen LogP contribution is 2.25. The van der Waals surface area contributed by atoms with Gasteiger partial charge in [-0.3, -0.25) is 0 Å². The Morgan fingerprint density at radius 1 is 1.28 bits per heavy atom. The van der Waals surface area contributed by atoms with E-state index in [1.165, 1.54) is 0 Å². The largest absolute Gasteiger partial charge is 0.389 e. The lowest BCUT2D eigenvalue weighted by molar-refractivity contribution is -0.138. The van der Waals surface area contributed by atoms with E-state index in [4.69, 9.17) is 4.74 Å². The summed E-state index contributed by atoms with van der Waals surface area (Å²) in [6, 6.07) is 7.80. The summed E-state index contributed by atoms with van der Waals surface area (Å²) in [5.41, 5.74) is 2.16. The SMILES string of the molecule is Cc1ccccc1C(CI)OCCCC(F)(F)F. The molecule has 1 rings (SSSR count). The smallest absolute Gasteiger partial charge is 0.373 e. The van der Waals surface area contributed by atoms with Gasteiger partial charge < -0.3 is 4.74 Å². The first kappa shape index (κ1) is 15.8. The number of benzene rings is 1. The van der Waals surface area contributed by atoms with Gasteiger partial charge in [0, 0.05) is 17.5 Å². The molecule has 0 amide bonds. The van der Waals surface area contributed by atoms with Gasteiger partial charge in [-0.25, -0.2) is 0 Å². The molecule has 18 heavy (non-hydrogen) atoms. The van der Waals surface area contributed by atoms with Gasteiger partial charge in [0.1, 0.15) is 0 Å². The zero-order valence-corrected chi connectivity index (χ0v) is 12.3. The fraction of sp³-hybridized carbons (Fsp3) is 0.538. The standard InChI is InChI=1S/C13H16F3IO/c1-10-5-2-3-6-11(10)12(9-17)18-8-4-7-13(14,15)16/h2-3,5-6,12H,4,7-9H2,1H3. The summed E-state index contributed by atoms with van der Waals surface area (Å²) in [6.07, 6.45) is -4.98. The molecule has 1 nitrogen and oxygen atoms in total. The molecule has 1 atom stereocenters. The molecule has 0 radical (unpaired) electrons. The maximum atomic E-state index is 12.0. The summed E-state index contributed by atoms with van der Waals surface area (Å²) in [4.78, 5) is 0. The molecule has 1 aromatic carbocycles. The van der Waals surface area contributed by atoms with Gasteiger partial charge >= 0.3 is 6.18 Å². The first-order valence-corrected chi connectivity index (χ1v) is 7.26. The average molecular weight is 372 g/mol. The second kappa shape index (κ2) is 7.33. The van der Waals surface area contributed by atoms with Crippen molar-refractivity contribution in [2.75, 3.05) is 11.0 Å². The predicted octanol–water partition coefficient (Wildman–Crippen LogP) is 4.83. The second-order valence-electron chi connectivity index (χ2n) is 4.09. The molecule has 0 aliphatic carbocycles. The third-order valence-electron chi connectivity index (χ3n) is 2.60. The van der Waals surface area contributed by atoms with Crippen molar-refractivity contribution in [2.45, 2.75) is 32.0 Å². The minimum absolute atomic E-state index is 0.0164. The third kappa shape index (κ3) is 5.56. The Labute approximate surface area is 119 Å². The van der Waals surface area contributed by atoms with E-state index in [1.54, 1.807) is 0 Å². The fourth-order valence-electron chi connectivity index (χ4n) is 1.66. The van der Waals surface area contributed by atoms with Crippen LogP contribution in [0, 0.1) is 6.92 Å². The van der Waals surface area contributed by atoms with Crippen molar-refractivity contribution in [3.05, 3.63) is 35.4 Å². The Bertz CT molecular complexity index is 365. The van der Waals surface area contributed by atoms with Crippen LogP contribution >= 0.6 is 22.6 Å². The van der Waals surface area contributed by atoms with Crippen LogP contribution < -0.4 is 0 Å². The van der Waals surface area contributed by atoms with Gasteiger partial charge in [-0.2, -0.15) is 13.2 Å². The first-order chi connectivity index (χ1) is 8.44. The van der Waals surface area contributed by atoms with Crippen molar-refractivity contribution < 1.29 is 17.9 Å². The highest BCUT2D eigenvalue weighted by Gasteiger charge is 2.26. The number of hydrogen-bond donors (Lipinski definition) is 0. The molecule has 0 spiro atoms. The van der Waals surface area contributed by atoms with Crippen LogP contribution in [0.4, 0.5) is 13.2 Å². The second-order valence-corrected chi connectivity index (χ2v) is 4.97. The van der Waals surface area contributed by atoms with Gasteiger partial charge in [-0.05, 0) is 24.5 Å². The lowest BCUT2D eigenvalue weighted by Crippen LogP contribution is -2.12. The van der Waals surface area contributed by atoms with E-state index in [0.717, 1.165) is 15.6 Å². The molecule has 0 bridgehead atoms. The van der Waals surface area contributed by atoms with E-state index in [9.17, 15) is 13.2 Å². The number of ether oxygens (including phenoxy) is 1. The van der Waals surface area contributed by atoms with Crippen LogP contribution in [0.25, 0.3) is 0 Å². The monoisotopic (exact) mass is 372 g/mol. The van der Waals surface area contributed by atoms with E-state index in [0.29, 0.717) is 0 Å². The van der Waals surface area contributed by atoms with E-state index < -0.39 is 12.6 Å². The summed E-state index contributed by atoms with van der Waals surface area (Å²) in [5, 5.41) is 0. The Morgan fingerprint density at radius 2 is 1.94 bits per heavy atom. The predicted molar refractivity (Wildman–Crippen MR) is 74.0 cm³/mol. The van der Waals surface area contributed by atoms with Crippen molar-refractivity contribution in [1.82, 2.24) is 0 Å². The van der Waals surface area contributed by atoms with Crippen LogP contribution in [-0.4, -0.2) is 17.2 Å². The molecular weight excluding hydrogens is 356 g/mol. The quantitative estimate of drug-likeness (QED) is 0.395. The molecule has 1 unspecified atom stereocenters. The zero-order chi connectivity index (χ0) is 13.6. The molecule has 1 aromatic rings. The average Bonchev–Trinajstić information content (AvgIpc) is 2.29. The van der Waals surface area contributed by atoms with Crippen molar-refractivity contribution in [3.63, 3.8) is 0 Å². The Kier molecular flexibility index (Phi) is 6.42. The highest BCUT2D eigenvalue weighted by molar-refractivity contribution is 14.1. The molecule has 0 saturated carbocycles. The van der Waals surface area contributed by atoms with Gasteiger partial charge in [-0.15, -0.1) is 0 Å². The summed E-state index contributed by atoms with van der Waals surface area (Å²) in [7, 11) is 0. The number of rotatable bonds is 6. The van der Waals surface area contributed by atoms with E-state index in [2.05, 4.69) is 22.6 Å². The van der Waals surface area contributed by atoms with Gasteiger partial charge in [0.25, 0.3) is 0 Å². The summed E-state index contributed by atoms with van der Waals surface area (Å²) in [5.74, 6) is 0. The van der Waals surface area contributed by atoms with Crippen molar-refractivity contribution in [2.24, 2.45) is 0 Å². The van der Waals surface area contributed by atoms with Crippen molar-refractivity contribution in [1.29, 1.82) is 0 Å². The van der Waals surface area contributed by atoms with Crippen LogP contribution in [0.1, 0.15) is 30.1 Å². The molecule has 102 valence electrons. The summed E-state index contributed by atoms with van der Waals surface area (Å²) < 4.78 is 42.3. The maximum Gasteiger partial charge on any atom is 0.389 e. The Hall–Kier alpha value is -0.300. The number of halogens is 4. The molecule has 0 N–H and O–H groups in total. The van der Waals surface area contributed by atoms with Crippen molar-refractivity contribution in [3.8, 4) is 0 Å². The molecule has 5 heteroatoms. The molecule has 0 saturated heterocycles. The zero-order valence-electron chi connectivity index (χ0n) is 10.1. The number of alkyl halides is 4. The number of hydrogen-bond acceptors (Lipinski definition) is 1. The van der Waals surface area contributed by atoms with Crippen LogP contribution in [0.5, 0.6) is 0 Å². The number of aryl methyl sites for hydroxylation is 1. The van der Waals surface area contributed by atoms with Crippen LogP contribution in [0.15, 0.2) is 24.3 Å². The van der Waals surface area contributed by atoms with Gasteiger partial charge in [0.05, 0.1) is 6.10 Å². The molecule has 0 aliphatic rings. The first-order valence-electron chi connectivity index (χ1n) is 5.74. The maximum absolute atomic E-state index is 12.0. The molecule has 0 fully saturated rings. The topological polar surface area (TPSA) is 9.23 Å². The van der Waals surface area contributed by atoms with Crippen molar-refractivity contribution >= 4 is 22.6 Å². The fourth-order valence-corrected chi connectivity index (χ4v) is 2.39. The molecule has 0 aliphatic heterocycles. The third-order valence-corrected chi connectivity index (χ3v) is 3.40. The minimum atomic E-state index is -4.09. The minimum Gasteiger partial charge on any atom is -0.373 e. The van der Waals surface area contributed by atoms with E-state index >= 15 is 0 Å². The van der Waals surface area contributed by atoms with Gasteiger partial charge in [0.2, 0.25) is 0 Å². The van der Waals surface area contributed by atoms with Crippen LogP contribution in [-0.2, 0) is 4.74 Å². The molecule has 0 aromatic heterocycles. The summed E-state index contributed by atoms with van der Waals surface area (Å²) in [6.45, 7) is 2.12. The molecular formula is C13H16F3IO. The van der Waals surface area contributed by atoms with Crippen LogP contribution in [0.2, 0.25) is 0 Å². The van der Waals surface area contributed by atoms with Gasteiger partial charge in [-0.1, -0.05) is 46.9 Å². The Morgan fingerprint density at radius 3 is 2.50 bits per heavy atom. The summed E-state index contributed by atoms with van der Waals surface area (Å²) >= 11 is 2.19. The van der Waals surface area contributed by atoms with E-state index in [1.807, 2.05) is 31.2 Å². The van der Waals surface area contributed by atoms with E-state index in [-0.39, 0.29) is 19.1 Å². The van der Waals surface area contributed by atoms with Crippen LogP contribution in [0.3, 0.4) is 0 Å².